The zero-order valence-electron chi connectivity index (χ0n) is 12.5. The second kappa shape index (κ2) is 6.34. The van der Waals surface area contributed by atoms with Crippen molar-refractivity contribution in [3.8, 4) is 0 Å². The summed E-state index contributed by atoms with van der Waals surface area (Å²) in [4.78, 5) is 26.3. The quantitative estimate of drug-likeness (QED) is 0.846. The smallest absolute Gasteiger partial charge is 0.307 e. The standard InChI is InChI=1S/C16H25NO4/c18-15(11-5-1-2-6-12(11)16(19)20)17-9-10-21-14-8-4-3-7-13(14)17/h11-14H,1-10H2,(H,19,20)/t11-,12+,13?,14?/m1/s1. The van der Waals surface area contributed by atoms with E-state index < -0.39 is 11.9 Å². The molecule has 1 N–H and O–H groups in total. The van der Waals surface area contributed by atoms with Crippen molar-refractivity contribution in [1.29, 1.82) is 0 Å². The van der Waals surface area contributed by atoms with E-state index in [-0.39, 0.29) is 24.0 Å². The van der Waals surface area contributed by atoms with Gasteiger partial charge in [0.05, 0.1) is 30.6 Å². The monoisotopic (exact) mass is 295 g/mol. The van der Waals surface area contributed by atoms with Crippen LogP contribution < -0.4 is 0 Å². The van der Waals surface area contributed by atoms with Crippen molar-refractivity contribution < 1.29 is 19.4 Å². The normalized spacial score (nSPS) is 36.9. The average Bonchev–Trinajstić information content (AvgIpc) is 2.53. The van der Waals surface area contributed by atoms with Gasteiger partial charge in [-0.3, -0.25) is 9.59 Å². The third-order valence-electron chi connectivity index (χ3n) is 5.42. The number of aliphatic carboxylic acids is 1. The molecule has 21 heavy (non-hydrogen) atoms. The first-order valence-corrected chi connectivity index (χ1v) is 8.33. The number of morpholine rings is 1. The van der Waals surface area contributed by atoms with Gasteiger partial charge in [0.25, 0.3) is 0 Å². The van der Waals surface area contributed by atoms with E-state index >= 15 is 0 Å². The number of amides is 1. The Hall–Kier alpha value is -1.10. The number of ether oxygens (including phenoxy) is 1. The predicted molar refractivity (Wildman–Crippen MR) is 76.8 cm³/mol. The molecule has 0 spiro atoms. The molecule has 2 aliphatic carbocycles. The highest BCUT2D eigenvalue weighted by Crippen LogP contribution is 2.35. The van der Waals surface area contributed by atoms with E-state index in [1.165, 1.54) is 6.42 Å². The summed E-state index contributed by atoms with van der Waals surface area (Å²) >= 11 is 0. The SMILES string of the molecule is O=C(O)[C@H]1CCCC[C@H]1C(=O)N1CCOC2CCCCC21. The van der Waals surface area contributed by atoms with Crippen molar-refractivity contribution in [2.24, 2.45) is 11.8 Å². The van der Waals surface area contributed by atoms with Gasteiger partial charge in [0.1, 0.15) is 0 Å². The Morgan fingerprint density at radius 1 is 0.952 bits per heavy atom. The molecule has 0 aromatic rings. The van der Waals surface area contributed by atoms with Crippen molar-refractivity contribution in [2.75, 3.05) is 13.2 Å². The summed E-state index contributed by atoms with van der Waals surface area (Å²) in [7, 11) is 0. The van der Waals surface area contributed by atoms with Crippen LogP contribution in [0.5, 0.6) is 0 Å². The van der Waals surface area contributed by atoms with Crippen molar-refractivity contribution in [2.45, 2.75) is 63.5 Å². The van der Waals surface area contributed by atoms with Gasteiger partial charge in [-0.05, 0) is 25.7 Å². The summed E-state index contributed by atoms with van der Waals surface area (Å²) in [6, 6.07) is 0.177. The first-order valence-electron chi connectivity index (χ1n) is 8.33. The fourth-order valence-corrected chi connectivity index (χ4v) is 4.31. The number of carbonyl (C=O) groups excluding carboxylic acids is 1. The number of carboxylic acid groups (broad SMARTS) is 1. The highest BCUT2D eigenvalue weighted by atomic mass is 16.5. The molecule has 0 bridgehead atoms. The Balaban J connectivity index is 1.74. The molecule has 1 heterocycles. The molecule has 3 fully saturated rings. The molecule has 5 heteroatoms. The molecule has 1 saturated heterocycles. The van der Waals surface area contributed by atoms with Crippen molar-refractivity contribution in [3.63, 3.8) is 0 Å². The Bertz CT molecular complexity index is 409. The van der Waals surface area contributed by atoms with Crippen LogP contribution in [-0.2, 0) is 14.3 Å². The van der Waals surface area contributed by atoms with Gasteiger partial charge in [0.2, 0.25) is 5.91 Å². The number of carboxylic acids is 1. The molecule has 3 rings (SSSR count). The second-order valence-electron chi connectivity index (χ2n) is 6.63. The molecule has 3 aliphatic rings. The lowest BCUT2D eigenvalue weighted by Crippen LogP contribution is -2.57. The molecular formula is C16H25NO4. The molecular weight excluding hydrogens is 270 g/mol. The van der Waals surface area contributed by atoms with Gasteiger partial charge in [-0.1, -0.05) is 25.7 Å². The number of rotatable bonds is 2. The van der Waals surface area contributed by atoms with Gasteiger partial charge in [-0.15, -0.1) is 0 Å². The predicted octanol–water partition coefficient (Wildman–Crippen LogP) is 2.05. The third kappa shape index (κ3) is 2.93. The summed E-state index contributed by atoms with van der Waals surface area (Å²) in [5.41, 5.74) is 0. The minimum absolute atomic E-state index is 0.0716. The molecule has 5 nitrogen and oxygen atoms in total. The van der Waals surface area contributed by atoms with Gasteiger partial charge in [-0.2, -0.15) is 0 Å². The summed E-state index contributed by atoms with van der Waals surface area (Å²) in [6.07, 6.45) is 7.78. The molecule has 1 amide bonds. The first kappa shape index (κ1) is 14.8. The van der Waals surface area contributed by atoms with E-state index in [0.717, 1.165) is 38.5 Å². The maximum absolute atomic E-state index is 12.9. The highest BCUT2D eigenvalue weighted by molar-refractivity contribution is 5.85. The van der Waals surface area contributed by atoms with Crippen LogP contribution in [0.1, 0.15) is 51.4 Å². The molecule has 2 saturated carbocycles. The maximum atomic E-state index is 12.9. The lowest BCUT2D eigenvalue weighted by molar-refractivity contribution is -0.162. The van der Waals surface area contributed by atoms with E-state index in [0.29, 0.717) is 19.6 Å². The van der Waals surface area contributed by atoms with Crippen LogP contribution in [0.25, 0.3) is 0 Å². The van der Waals surface area contributed by atoms with Crippen molar-refractivity contribution in [1.82, 2.24) is 4.90 Å². The Morgan fingerprint density at radius 2 is 1.62 bits per heavy atom. The highest BCUT2D eigenvalue weighted by Gasteiger charge is 2.43. The number of hydrogen-bond acceptors (Lipinski definition) is 3. The minimum atomic E-state index is -0.804. The van der Waals surface area contributed by atoms with Crippen LogP contribution in [0.2, 0.25) is 0 Å². The van der Waals surface area contributed by atoms with Crippen LogP contribution in [0.3, 0.4) is 0 Å². The maximum Gasteiger partial charge on any atom is 0.307 e. The van der Waals surface area contributed by atoms with Gasteiger partial charge < -0.3 is 14.7 Å². The second-order valence-corrected chi connectivity index (χ2v) is 6.63. The molecule has 4 atom stereocenters. The number of fused-ring (bicyclic) bond motifs is 1. The summed E-state index contributed by atoms with van der Waals surface area (Å²) in [5, 5.41) is 9.39. The minimum Gasteiger partial charge on any atom is -0.481 e. The third-order valence-corrected chi connectivity index (χ3v) is 5.42. The van der Waals surface area contributed by atoms with Crippen LogP contribution in [0.15, 0.2) is 0 Å². The van der Waals surface area contributed by atoms with Gasteiger partial charge >= 0.3 is 5.97 Å². The fraction of sp³-hybridized carbons (Fsp3) is 0.875. The average molecular weight is 295 g/mol. The molecule has 0 aromatic carbocycles. The molecule has 2 unspecified atom stereocenters. The molecule has 0 aromatic heterocycles. The molecule has 118 valence electrons. The van der Waals surface area contributed by atoms with Gasteiger partial charge in [0, 0.05) is 6.54 Å². The zero-order chi connectivity index (χ0) is 14.8. The van der Waals surface area contributed by atoms with Gasteiger partial charge in [-0.25, -0.2) is 0 Å². The van der Waals surface area contributed by atoms with E-state index in [1.807, 2.05) is 4.90 Å². The number of hydrogen-bond donors (Lipinski definition) is 1. The van der Waals surface area contributed by atoms with E-state index in [1.54, 1.807) is 0 Å². The number of nitrogens with zero attached hydrogens (tertiary/aromatic N) is 1. The van der Waals surface area contributed by atoms with Crippen molar-refractivity contribution in [3.05, 3.63) is 0 Å². The lowest BCUT2D eigenvalue weighted by atomic mass is 9.77. The van der Waals surface area contributed by atoms with Gasteiger partial charge in [0.15, 0.2) is 0 Å². The molecule has 1 aliphatic heterocycles. The fourth-order valence-electron chi connectivity index (χ4n) is 4.31. The summed E-state index contributed by atoms with van der Waals surface area (Å²) in [5.74, 6) is -1.54. The summed E-state index contributed by atoms with van der Waals surface area (Å²) in [6.45, 7) is 1.22. The van der Waals surface area contributed by atoms with Crippen molar-refractivity contribution >= 4 is 11.9 Å². The summed E-state index contributed by atoms with van der Waals surface area (Å²) < 4.78 is 5.81. The van der Waals surface area contributed by atoms with Crippen LogP contribution >= 0.6 is 0 Å². The first-order chi connectivity index (χ1) is 10.2. The van der Waals surface area contributed by atoms with E-state index in [9.17, 15) is 14.7 Å². The Morgan fingerprint density at radius 3 is 2.38 bits per heavy atom. The van der Waals surface area contributed by atoms with E-state index in [4.69, 9.17) is 4.74 Å². The molecule has 0 radical (unpaired) electrons. The Kier molecular flexibility index (Phi) is 4.48. The van der Waals surface area contributed by atoms with Crippen LogP contribution in [0.4, 0.5) is 0 Å². The lowest BCUT2D eigenvalue weighted by Gasteiger charge is -2.45. The van der Waals surface area contributed by atoms with Crippen LogP contribution in [-0.4, -0.2) is 47.2 Å². The Labute approximate surface area is 125 Å². The zero-order valence-corrected chi connectivity index (χ0v) is 12.5. The topological polar surface area (TPSA) is 66.8 Å². The van der Waals surface area contributed by atoms with E-state index in [2.05, 4.69) is 0 Å². The largest absolute Gasteiger partial charge is 0.481 e. The number of carbonyl (C=O) groups is 2. The van der Waals surface area contributed by atoms with Crippen LogP contribution in [0, 0.1) is 11.8 Å².